The third-order valence-corrected chi connectivity index (χ3v) is 5.12. The highest BCUT2D eigenvalue weighted by Gasteiger charge is 2.40. The maximum Gasteiger partial charge on any atom is 0.416 e. The summed E-state index contributed by atoms with van der Waals surface area (Å²) in [6.07, 6.45) is -4.03. The molecule has 1 heterocycles. The van der Waals surface area contributed by atoms with E-state index in [1.165, 1.54) is 0 Å². The second kappa shape index (κ2) is 6.68. The molecule has 0 bridgehead atoms. The Kier molecular flexibility index (Phi) is 5.10. The van der Waals surface area contributed by atoms with E-state index < -0.39 is 48.7 Å². The Balaban J connectivity index is 2.54. The summed E-state index contributed by atoms with van der Waals surface area (Å²) >= 11 is 0. The zero-order valence-corrected chi connectivity index (χ0v) is 14.1. The molecule has 0 unspecified atom stereocenters. The van der Waals surface area contributed by atoms with Gasteiger partial charge in [0.05, 0.1) is 21.7 Å². The second-order valence-corrected chi connectivity index (χ2v) is 7.51. The van der Waals surface area contributed by atoms with Crippen LogP contribution < -0.4 is 4.90 Å². The summed E-state index contributed by atoms with van der Waals surface area (Å²) in [5.41, 5.74) is -4.19. The minimum absolute atomic E-state index is 0.103. The van der Waals surface area contributed by atoms with Gasteiger partial charge in [0.1, 0.15) is 0 Å². The molecular weight excluding hydrogens is 385 g/mol. The largest absolute Gasteiger partial charge is 0.416 e. The molecule has 0 aliphatic carbocycles. The van der Waals surface area contributed by atoms with Gasteiger partial charge in [0.15, 0.2) is 5.69 Å². The van der Waals surface area contributed by atoms with Gasteiger partial charge in [-0.2, -0.15) is 17.5 Å². The van der Waals surface area contributed by atoms with E-state index in [0.29, 0.717) is 0 Å². The van der Waals surface area contributed by atoms with Gasteiger partial charge in [-0.15, -0.1) is 0 Å². The van der Waals surface area contributed by atoms with E-state index in [2.05, 4.69) is 0 Å². The maximum absolute atomic E-state index is 12.9. The first kappa shape index (κ1) is 19.8. The molecule has 0 N–H and O–H groups in total. The van der Waals surface area contributed by atoms with Crippen molar-refractivity contribution < 1.29 is 31.4 Å². The van der Waals surface area contributed by atoms with Crippen molar-refractivity contribution in [1.29, 1.82) is 0 Å². The molecule has 144 valence electrons. The van der Waals surface area contributed by atoms with Crippen LogP contribution in [0.2, 0.25) is 0 Å². The van der Waals surface area contributed by atoms with Gasteiger partial charge in [-0.1, -0.05) is 0 Å². The number of sulfonamides is 1. The predicted molar refractivity (Wildman–Crippen MR) is 83.4 cm³/mol. The summed E-state index contributed by atoms with van der Waals surface area (Å²) in [5, 5.41) is 22.4. The maximum atomic E-state index is 12.9. The van der Waals surface area contributed by atoms with Crippen LogP contribution in [0.15, 0.2) is 12.1 Å². The number of hydrogen-bond donors (Lipinski definition) is 0. The molecule has 0 amide bonds. The number of nitro groups is 2. The molecule has 14 heteroatoms. The van der Waals surface area contributed by atoms with Gasteiger partial charge in [-0.3, -0.25) is 20.2 Å². The lowest BCUT2D eigenvalue weighted by atomic mass is 10.1. The van der Waals surface area contributed by atoms with Crippen molar-refractivity contribution in [3.05, 3.63) is 37.9 Å². The van der Waals surface area contributed by atoms with E-state index in [1.807, 2.05) is 0 Å². The Morgan fingerprint density at radius 2 is 1.42 bits per heavy atom. The second-order valence-electron chi connectivity index (χ2n) is 5.52. The van der Waals surface area contributed by atoms with E-state index in [1.54, 1.807) is 0 Å². The zero-order chi connectivity index (χ0) is 19.9. The first-order valence-electron chi connectivity index (χ1n) is 7.06. The number of hydrogen-bond acceptors (Lipinski definition) is 7. The SMILES string of the molecule is CS(=O)(=O)N1CCN(c2c([N+](=O)[O-])cc(C(F)(F)F)cc2[N+](=O)[O-])CC1. The van der Waals surface area contributed by atoms with Crippen molar-refractivity contribution in [2.75, 3.05) is 37.3 Å². The molecule has 1 saturated heterocycles. The molecular formula is C12H13F3N4O6S. The van der Waals surface area contributed by atoms with Crippen molar-refractivity contribution in [3.8, 4) is 0 Å². The minimum atomic E-state index is -5.00. The summed E-state index contributed by atoms with van der Waals surface area (Å²) in [7, 11) is -3.52. The molecule has 0 radical (unpaired) electrons. The number of piperazine rings is 1. The van der Waals surface area contributed by atoms with Gasteiger partial charge >= 0.3 is 6.18 Å². The van der Waals surface area contributed by atoms with Crippen molar-refractivity contribution in [3.63, 3.8) is 0 Å². The number of anilines is 1. The zero-order valence-electron chi connectivity index (χ0n) is 13.3. The Labute approximate surface area is 145 Å². The van der Waals surface area contributed by atoms with Crippen molar-refractivity contribution in [2.45, 2.75) is 6.18 Å². The highest BCUT2D eigenvalue weighted by Crippen LogP contribution is 2.43. The molecule has 0 spiro atoms. The fraction of sp³-hybridized carbons (Fsp3) is 0.500. The summed E-state index contributed by atoms with van der Waals surface area (Å²) in [5.74, 6) is 0. The van der Waals surface area contributed by atoms with Crippen LogP contribution in [0.1, 0.15) is 5.56 Å². The number of nitro benzene ring substituents is 2. The molecule has 0 aromatic heterocycles. The quantitative estimate of drug-likeness (QED) is 0.557. The number of benzene rings is 1. The van der Waals surface area contributed by atoms with Gasteiger partial charge < -0.3 is 4.90 Å². The normalized spacial score (nSPS) is 16.5. The predicted octanol–water partition coefficient (Wildman–Crippen LogP) is 1.60. The van der Waals surface area contributed by atoms with Gasteiger partial charge in [0.25, 0.3) is 11.4 Å². The summed E-state index contributed by atoms with van der Waals surface area (Å²) in [6, 6.07) is 0.483. The topological polar surface area (TPSA) is 127 Å². The van der Waals surface area contributed by atoms with Crippen LogP contribution in [0, 0.1) is 20.2 Å². The molecule has 2 rings (SSSR count). The Morgan fingerprint density at radius 3 is 1.73 bits per heavy atom. The molecule has 1 aliphatic heterocycles. The van der Waals surface area contributed by atoms with Crippen LogP contribution in [0.3, 0.4) is 0 Å². The van der Waals surface area contributed by atoms with Crippen LogP contribution in [0.5, 0.6) is 0 Å². The van der Waals surface area contributed by atoms with Gasteiger partial charge in [0, 0.05) is 38.3 Å². The van der Waals surface area contributed by atoms with Crippen LogP contribution >= 0.6 is 0 Å². The van der Waals surface area contributed by atoms with Crippen molar-refractivity contribution in [2.24, 2.45) is 0 Å². The summed E-state index contributed by atoms with van der Waals surface area (Å²) in [6.45, 7) is -0.484. The molecule has 1 aliphatic rings. The van der Waals surface area contributed by atoms with Crippen LogP contribution in [0.25, 0.3) is 0 Å². The van der Waals surface area contributed by atoms with E-state index in [0.717, 1.165) is 15.5 Å². The standard InChI is InChI=1S/C12H13F3N4O6S/c1-26(24,25)17-4-2-16(3-5-17)11-9(18(20)21)6-8(12(13,14)15)7-10(11)19(22)23/h6-7H,2-5H2,1H3. The van der Waals surface area contributed by atoms with Gasteiger partial charge in [-0.25, -0.2) is 8.42 Å². The lowest BCUT2D eigenvalue weighted by molar-refractivity contribution is -0.393. The molecule has 0 saturated carbocycles. The number of rotatable bonds is 4. The summed E-state index contributed by atoms with van der Waals surface area (Å²) < 4.78 is 62.8. The van der Waals surface area contributed by atoms with Crippen molar-refractivity contribution >= 4 is 27.1 Å². The van der Waals surface area contributed by atoms with E-state index in [4.69, 9.17) is 0 Å². The highest BCUT2D eigenvalue weighted by atomic mass is 32.2. The smallest absolute Gasteiger partial charge is 0.358 e. The molecule has 26 heavy (non-hydrogen) atoms. The fourth-order valence-electron chi connectivity index (χ4n) is 2.61. The number of nitrogens with zero attached hydrogens (tertiary/aromatic N) is 4. The van der Waals surface area contributed by atoms with Gasteiger partial charge in [0.2, 0.25) is 10.0 Å². The minimum Gasteiger partial charge on any atom is -0.358 e. The Morgan fingerprint density at radius 1 is 1.00 bits per heavy atom. The van der Waals surface area contributed by atoms with E-state index >= 15 is 0 Å². The first-order chi connectivity index (χ1) is 11.8. The molecule has 1 fully saturated rings. The lowest BCUT2D eigenvalue weighted by Gasteiger charge is -2.34. The molecule has 1 aromatic rings. The Hall–Kier alpha value is -2.48. The van der Waals surface area contributed by atoms with Crippen LogP contribution in [0.4, 0.5) is 30.2 Å². The lowest BCUT2D eigenvalue weighted by Crippen LogP contribution is -2.48. The van der Waals surface area contributed by atoms with E-state index in [9.17, 15) is 41.8 Å². The molecule has 0 atom stereocenters. The van der Waals surface area contributed by atoms with Gasteiger partial charge in [-0.05, 0) is 0 Å². The number of halogens is 3. The van der Waals surface area contributed by atoms with E-state index in [-0.39, 0.29) is 38.3 Å². The summed E-state index contributed by atoms with van der Waals surface area (Å²) in [4.78, 5) is 21.4. The number of alkyl halides is 3. The Bertz CT molecular complexity index is 814. The van der Waals surface area contributed by atoms with Crippen LogP contribution in [-0.4, -0.2) is 55.0 Å². The fourth-order valence-corrected chi connectivity index (χ4v) is 3.44. The third-order valence-electron chi connectivity index (χ3n) is 3.81. The monoisotopic (exact) mass is 398 g/mol. The molecule has 10 nitrogen and oxygen atoms in total. The van der Waals surface area contributed by atoms with Crippen molar-refractivity contribution in [1.82, 2.24) is 4.31 Å². The average Bonchev–Trinajstić information content (AvgIpc) is 2.51. The van der Waals surface area contributed by atoms with Crippen LogP contribution in [-0.2, 0) is 16.2 Å². The highest BCUT2D eigenvalue weighted by molar-refractivity contribution is 7.88. The average molecular weight is 398 g/mol. The first-order valence-corrected chi connectivity index (χ1v) is 8.91. The third kappa shape index (κ3) is 4.01. The molecule has 1 aromatic carbocycles.